The van der Waals surface area contributed by atoms with Gasteiger partial charge in [0, 0.05) is 5.92 Å². The van der Waals surface area contributed by atoms with Gasteiger partial charge in [-0.05, 0) is 36.6 Å². The summed E-state index contributed by atoms with van der Waals surface area (Å²) in [5.74, 6) is 2.50. The second-order valence-electron chi connectivity index (χ2n) is 5.24. The molecule has 108 valence electrons. The summed E-state index contributed by atoms with van der Waals surface area (Å²) in [5, 5.41) is 4.29. The zero-order valence-corrected chi connectivity index (χ0v) is 12.3. The predicted molar refractivity (Wildman–Crippen MR) is 81.7 cm³/mol. The molecule has 1 aromatic heterocycles. The van der Waals surface area contributed by atoms with E-state index in [4.69, 9.17) is 16.0 Å². The van der Waals surface area contributed by atoms with Gasteiger partial charge in [-0.15, -0.1) is 0 Å². The summed E-state index contributed by atoms with van der Waals surface area (Å²) in [6.45, 7) is 2.20. The number of halogens is 1. The van der Waals surface area contributed by atoms with Crippen molar-refractivity contribution >= 4 is 23.7 Å². The largest absolute Gasteiger partial charge is 0.460 e. The predicted octanol–water partition coefficient (Wildman–Crippen LogP) is 3.82. The maximum atomic E-state index is 11.9. The molecule has 1 N–H and O–H groups in total. The Hall–Kier alpha value is -2.07. The maximum Gasteiger partial charge on any atom is 0.272 e. The number of rotatable bonds is 4. The van der Waals surface area contributed by atoms with Gasteiger partial charge in [0.15, 0.2) is 0 Å². The highest BCUT2D eigenvalue weighted by atomic mass is 35.5. The van der Waals surface area contributed by atoms with Crippen molar-refractivity contribution in [1.82, 2.24) is 5.43 Å². The maximum absolute atomic E-state index is 11.9. The number of carbonyl (C=O) groups excluding carboxylic acids is 1. The van der Waals surface area contributed by atoms with E-state index >= 15 is 0 Å². The molecule has 1 amide bonds. The molecule has 2 atom stereocenters. The Morgan fingerprint density at radius 2 is 2.14 bits per heavy atom. The molecule has 1 aliphatic rings. The topological polar surface area (TPSA) is 54.6 Å². The molecule has 1 saturated carbocycles. The van der Waals surface area contributed by atoms with Gasteiger partial charge in [0.2, 0.25) is 0 Å². The average molecular weight is 303 g/mol. The summed E-state index contributed by atoms with van der Waals surface area (Å²) in [6.07, 6.45) is 2.67. The van der Waals surface area contributed by atoms with Crippen molar-refractivity contribution in [3.05, 3.63) is 58.5 Å². The fourth-order valence-corrected chi connectivity index (χ4v) is 2.44. The van der Waals surface area contributed by atoms with Crippen LogP contribution < -0.4 is 5.43 Å². The normalized spacial score (nSPS) is 20.7. The molecule has 0 saturated heterocycles. The first-order valence-electron chi connectivity index (χ1n) is 6.83. The molecule has 4 nitrogen and oxygen atoms in total. The molecule has 0 unspecified atom stereocenters. The number of benzene rings is 1. The first-order chi connectivity index (χ1) is 10.1. The molecule has 0 aliphatic heterocycles. The van der Waals surface area contributed by atoms with E-state index in [0.717, 1.165) is 5.76 Å². The van der Waals surface area contributed by atoms with Crippen LogP contribution in [0.25, 0.3) is 0 Å². The van der Waals surface area contributed by atoms with Crippen LogP contribution >= 0.6 is 11.6 Å². The van der Waals surface area contributed by atoms with Crippen LogP contribution in [0.2, 0.25) is 5.02 Å². The molecule has 0 radical (unpaired) electrons. The number of nitrogens with one attached hydrogen (secondary N) is 1. The Morgan fingerprint density at radius 3 is 2.86 bits per heavy atom. The molecule has 1 fully saturated rings. The molecule has 21 heavy (non-hydrogen) atoms. The van der Waals surface area contributed by atoms with Crippen molar-refractivity contribution in [2.24, 2.45) is 11.0 Å². The first kappa shape index (κ1) is 13.9. The molecule has 1 heterocycles. The van der Waals surface area contributed by atoms with Crippen molar-refractivity contribution < 1.29 is 9.21 Å². The number of hydrogen-bond acceptors (Lipinski definition) is 3. The molecule has 5 heteroatoms. The molecule has 3 rings (SSSR count). The zero-order chi connectivity index (χ0) is 14.8. The summed E-state index contributed by atoms with van der Waals surface area (Å²) in [5.41, 5.74) is 2.83. The van der Waals surface area contributed by atoms with Crippen molar-refractivity contribution in [3.8, 4) is 0 Å². The van der Waals surface area contributed by atoms with Crippen LogP contribution in [0.3, 0.4) is 0 Å². The lowest BCUT2D eigenvalue weighted by molar-refractivity contribution is 0.0955. The third-order valence-corrected chi connectivity index (χ3v) is 3.93. The molecule has 0 bridgehead atoms. The quantitative estimate of drug-likeness (QED) is 0.689. The van der Waals surface area contributed by atoms with Crippen LogP contribution in [0.1, 0.15) is 41.1 Å². The van der Waals surface area contributed by atoms with Gasteiger partial charge in [-0.1, -0.05) is 30.7 Å². The summed E-state index contributed by atoms with van der Waals surface area (Å²) in [7, 11) is 0. The fraction of sp³-hybridized carbons (Fsp3) is 0.250. The van der Waals surface area contributed by atoms with Gasteiger partial charge in [0.25, 0.3) is 5.91 Å². The van der Waals surface area contributed by atoms with E-state index in [-0.39, 0.29) is 5.91 Å². The number of nitrogens with zero attached hydrogens (tertiary/aromatic N) is 1. The third kappa shape index (κ3) is 3.16. The Kier molecular flexibility index (Phi) is 3.80. The lowest BCUT2D eigenvalue weighted by Crippen LogP contribution is -2.17. The lowest BCUT2D eigenvalue weighted by Gasteiger charge is -2.01. The summed E-state index contributed by atoms with van der Waals surface area (Å²) >= 11 is 5.94. The minimum absolute atomic E-state index is 0.348. The lowest BCUT2D eigenvalue weighted by atomic mass is 10.2. The summed E-state index contributed by atoms with van der Waals surface area (Å²) in [4.78, 5) is 11.9. The Labute approximate surface area is 127 Å². The number of hydrogen-bond donors (Lipinski definition) is 1. The number of carbonyl (C=O) groups is 1. The highest BCUT2D eigenvalue weighted by Gasteiger charge is 2.36. The van der Waals surface area contributed by atoms with Gasteiger partial charge in [0.05, 0.1) is 16.8 Å². The van der Waals surface area contributed by atoms with Crippen LogP contribution in [0.5, 0.6) is 0 Å². The van der Waals surface area contributed by atoms with Gasteiger partial charge in [-0.3, -0.25) is 4.79 Å². The number of furan rings is 1. The van der Waals surface area contributed by atoms with Crippen LogP contribution in [0.15, 0.2) is 45.9 Å². The van der Waals surface area contributed by atoms with Crippen LogP contribution in [0.4, 0.5) is 0 Å². The van der Waals surface area contributed by atoms with E-state index in [9.17, 15) is 4.79 Å². The van der Waals surface area contributed by atoms with E-state index in [1.165, 1.54) is 12.6 Å². The van der Waals surface area contributed by atoms with Crippen molar-refractivity contribution in [2.75, 3.05) is 0 Å². The number of hydrazone groups is 1. The van der Waals surface area contributed by atoms with Gasteiger partial charge < -0.3 is 4.42 Å². The van der Waals surface area contributed by atoms with Gasteiger partial charge in [-0.2, -0.15) is 5.10 Å². The van der Waals surface area contributed by atoms with Crippen molar-refractivity contribution in [3.63, 3.8) is 0 Å². The second-order valence-corrected chi connectivity index (χ2v) is 5.65. The molecule has 0 spiro atoms. The third-order valence-electron chi connectivity index (χ3n) is 3.60. The molecular weight excluding hydrogens is 288 g/mol. The minimum Gasteiger partial charge on any atom is -0.460 e. The Balaban J connectivity index is 1.61. The molecule has 1 aliphatic carbocycles. The Morgan fingerprint density at radius 1 is 1.38 bits per heavy atom. The van der Waals surface area contributed by atoms with E-state index in [1.54, 1.807) is 24.3 Å². The van der Waals surface area contributed by atoms with E-state index in [2.05, 4.69) is 17.5 Å². The number of amides is 1. The highest BCUT2D eigenvalue weighted by molar-refractivity contribution is 6.33. The highest BCUT2D eigenvalue weighted by Crippen LogP contribution is 2.47. The molecule has 1 aromatic carbocycles. The van der Waals surface area contributed by atoms with Crippen LogP contribution in [-0.2, 0) is 0 Å². The minimum atomic E-state index is -0.348. The van der Waals surface area contributed by atoms with Crippen LogP contribution in [0, 0.1) is 5.92 Å². The standard InChI is InChI=1S/C16H15ClN2O2/c1-10-8-13(10)15-7-6-11(21-15)9-18-19-16(20)12-4-2-3-5-14(12)17/h2-7,9-10,13H,8H2,1H3,(H,19,20)/b18-9-/t10-,13-/m1/s1. The van der Waals surface area contributed by atoms with Gasteiger partial charge in [-0.25, -0.2) is 5.43 Å². The van der Waals surface area contributed by atoms with Gasteiger partial charge >= 0.3 is 0 Å². The average Bonchev–Trinajstić information content (AvgIpc) is 3.01. The summed E-state index contributed by atoms with van der Waals surface area (Å²) in [6, 6.07) is 10.6. The zero-order valence-electron chi connectivity index (χ0n) is 11.5. The van der Waals surface area contributed by atoms with E-state index < -0.39 is 0 Å². The van der Waals surface area contributed by atoms with Crippen LogP contribution in [-0.4, -0.2) is 12.1 Å². The SMILES string of the molecule is C[C@@H]1C[C@H]1c1ccc(/C=N\NC(=O)c2ccccc2Cl)o1. The van der Waals surface area contributed by atoms with Crippen molar-refractivity contribution in [1.29, 1.82) is 0 Å². The monoisotopic (exact) mass is 302 g/mol. The van der Waals surface area contributed by atoms with Gasteiger partial charge in [0.1, 0.15) is 11.5 Å². The second kappa shape index (κ2) is 5.74. The smallest absolute Gasteiger partial charge is 0.272 e. The Bertz CT molecular complexity index is 693. The molecular formula is C16H15ClN2O2. The summed E-state index contributed by atoms with van der Waals surface area (Å²) < 4.78 is 5.66. The van der Waals surface area contributed by atoms with E-state index in [0.29, 0.717) is 28.2 Å². The first-order valence-corrected chi connectivity index (χ1v) is 7.20. The van der Waals surface area contributed by atoms with E-state index in [1.807, 2.05) is 12.1 Å². The van der Waals surface area contributed by atoms with Crippen molar-refractivity contribution in [2.45, 2.75) is 19.3 Å². The fourth-order valence-electron chi connectivity index (χ4n) is 2.22. The molecule has 2 aromatic rings.